The minimum Gasteiger partial charge on any atom is -0.744 e. The Morgan fingerprint density at radius 1 is 0.648 bits per heavy atom. The van der Waals surface area contributed by atoms with E-state index in [1.807, 2.05) is 12.1 Å². The largest absolute Gasteiger partial charge is 1.00 e. The number of allylic oxidation sites excluding steroid dienone is 1. The van der Waals surface area contributed by atoms with E-state index in [1.54, 1.807) is 84.9 Å². The number of nitrogens with zero attached hydrogens (tertiary/aromatic N) is 5. The minimum atomic E-state index is -5.32. The number of Topliss-reactive ketones (excluding diaryl/α,β-unsaturated/α-hetero) is 1. The molecule has 0 aliphatic heterocycles. The number of hydrogen-bond acceptors (Lipinski definition) is 16. The van der Waals surface area contributed by atoms with Crippen LogP contribution in [0.2, 0.25) is 0 Å². The van der Waals surface area contributed by atoms with E-state index in [0.29, 0.717) is 34.5 Å². The molecule has 0 atom stereocenters. The number of hydrazone groups is 1. The van der Waals surface area contributed by atoms with E-state index in [4.69, 9.17) is 17.2 Å². The summed E-state index contributed by atoms with van der Waals surface area (Å²) in [7, 11) is -10.6. The Morgan fingerprint density at radius 2 is 1.22 bits per heavy atom. The van der Waals surface area contributed by atoms with Crippen molar-refractivity contribution >= 4 is 83.3 Å². The molecule has 1 aliphatic rings. The van der Waals surface area contributed by atoms with Crippen LogP contribution in [0.1, 0.15) is 15.9 Å². The van der Waals surface area contributed by atoms with Gasteiger partial charge in [0.1, 0.15) is 37.3 Å². The molecule has 6 rings (SSSR count). The zero-order valence-corrected chi connectivity index (χ0v) is 34.2. The summed E-state index contributed by atoms with van der Waals surface area (Å²) in [5.74, 6) is -1.13. The van der Waals surface area contributed by atoms with Crippen molar-refractivity contribution in [3.8, 4) is 11.1 Å². The quantitative estimate of drug-likeness (QED) is 0.0522. The standard InChI is InChI=1S/C34H27N9O7S2.2Na/c35-22-10-15-27(26(36)18-22)41-38-24-11-6-19(7-12-24)20-8-13-25(14-9-20)40-42-32-28(51(45,46)47)16-21-17-29(52(48,49)50)33(34(44)30(21)31(32)37)43-39-23-4-2-1-3-5-23;;/h1-18,39H,35-37H2,(H,45,46,47)(H,48,49,50);;/q;2*+1/p-2. The van der Waals surface area contributed by atoms with Gasteiger partial charge in [0.2, 0.25) is 5.78 Å². The summed E-state index contributed by atoms with van der Waals surface area (Å²) in [4.78, 5) is 11.6. The summed E-state index contributed by atoms with van der Waals surface area (Å²) in [6.07, 6.45) is 0.723. The predicted molar refractivity (Wildman–Crippen MR) is 194 cm³/mol. The van der Waals surface area contributed by atoms with E-state index in [2.05, 4.69) is 31.0 Å². The second-order valence-electron chi connectivity index (χ2n) is 11.1. The molecule has 0 saturated heterocycles. The van der Waals surface area contributed by atoms with Gasteiger partial charge in [0.15, 0.2) is 0 Å². The molecule has 16 nitrogen and oxygen atoms in total. The first kappa shape index (κ1) is 42.1. The van der Waals surface area contributed by atoms with E-state index >= 15 is 0 Å². The summed E-state index contributed by atoms with van der Waals surface area (Å²) in [5, 5.41) is 20.1. The zero-order valence-electron chi connectivity index (χ0n) is 28.5. The Hall–Kier alpha value is -4.60. The number of nitrogens with two attached hydrogens (primary N) is 3. The van der Waals surface area contributed by atoms with Crippen LogP contribution in [0.5, 0.6) is 0 Å². The number of benzene rings is 5. The average Bonchev–Trinajstić information content (AvgIpc) is 3.10. The predicted octanol–water partition coefficient (Wildman–Crippen LogP) is 0.394. The molecule has 0 amide bonds. The van der Waals surface area contributed by atoms with Gasteiger partial charge in [0.25, 0.3) is 0 Å². The molecule has 7 N–H and O–H groups in total. The number of hydrogen-bond donors (Lipinski definition) is 4. The number of nitrogen functional groups attached to an aromatic ring is 3. The third kappa shape index (κ3) is 9.54. The fraction of sp³-hybridized carbons (Fsp3) is 0. The van der Waals surface area contributed by atoms with Crippen molar-refractivity contribution in [2.75, 3.05) is 22.6 Å². The van der Waals surface area contributed by atoms with Crippen molar-refractivity contribution in [1.29, 1.82) is 0 Å². The Kier molecular flexibility index (Phi) is 13.5. The van der Waals surface area contributed by atoms with Crippen molar-refractivity contribution in [1.82, 2.24) is 0 Å². The molecule has 54 heavy (non-hydrogen) atoms. The maximum absolute atomic E-state index is 13.6. The van der Waals surface area contributed by atoms with Crippen LogP contribution in [0.4, 0.5) is 45.5 Å². The van der Waals surface area contributed by atoms with Crippen LogP contribution >= 0.6 is 0 Å². The van der Waals surface area contributed by atoms with Crippen LogP contribution in [0, 0.1) is 0 Å². The molecule has 0 fully saturated rings. The summed E-state index contributed by atoms with van der Waals surface area (Å²) < 4.78 is 73.3. The van der Waals surface area contributed by atoms with E-state index in [9.17, 15) is 30.7 Å². The van der Waals surface area contributed by atoms with E-state index < -0.39 is 64.0 Å². The van der Waals surface area contributed by atoms with Gasteiger partial charge >= 0.3 is 59.1 Å². The molecular weight excluding hydrogens is 757 g/mol. The van der Waals surface area contributed by atoms with Crippen LogP contribution in [-0.4, -0.2) is 37.4 Å². The van der Waals surface area contributed by atoms with Gasteiger partial charge in [-0.25, -0.2) is 16.8 Å². The number of carbonyl (C=O) groups excluding carboxylic acids is 1. The normalized spacial score (nSPS) is 13.6. The summed E-state index contributed by atoms with van der Waals surface area (Å²) in [6.45, 7) is 0. The fourth-order valence-corrected chi connectivity index (χ4v) is 6.35. The van der Waals surface area contributed by atoms with Gasteiger partial charge in [0, 0.05) is 5.69 Å². The molecule has 5 aromatic carbocycles. The monoisotopic (exact) mass is 781 g/mol. The van der Waals surface area contributed by atoms with E-state index in [0.717, 1.165) is 17.2 Å². The first-order valence-electron chi connectivity index (χ1n) is 14.9. The smallest absolute Gasteiger partial charge is 0.744 e. The molecule has 0 aromatic heterocycles. The third-order valence-corrected chi connectivity index (χ3v) is 9.26. The Bertz CT molecular complexity index is 2590. The van der Waals surface area contributed by atoms with Gasteiger partial charge in [-0.15, -0.1) is 10.2 Å². The number of ketones is 1. The van der Waals surface area contributed by atoms with Crippen molar-refractivity contribution in [2.45, 2.75) is 4.90 Å². The molecule has 0 heterocycles. The second-order valence-corrected chi connectivity index (χ2v) is 13.8. The molecule has 20 heteroatoms. The number of azo groups is 2. The van der Waals surface area contributed by atoms with Crippen LogP contribution in [0.15, 0.2) is 138 Å². The average molecular weight is 782 g/mol. The maximum Gasteiger partial charge on any atom is 1.00 e. The minimum absolute atomic E-state index is 0. The van der Waals surface area contributed by atoms with Gasteiger partial charge < -0.3 is 26.3 Å². The Morgan fingerprint density at radius 3 is 1.76 bits per heavy atom. The maximum atomic E-state index is 13.6. The molecular formula is C34H25N9Na2O7S2. The molecule has 0 bridgehead atoms. The summed E-state index contributed by atoms with van der Waals surface area (Å²) in [5.41, 5.74) is 21.6. The molecule has 262 valence electrons. The van der Waals surface area contributed by atoms with Crippen molar-refractivity contribution in [3.05, 3.63) is 119 Å². The summed E-state index contributed by atoms with van der Waals surface area (Å²) in [6, 6.07) is 27.4. The summed E-state index contributed by atoms with van der Waals surface area (Å²) >= 11 is 0. The van der Waals surface area contributed by atoms with Gasteiger partial charge in [-0.05, 0) is 83.4 Å². The van der Waals surface area contributed by atoms with Crippen molar-refractivity contribution < 1.29 is 89.9 Å². The van der Waals surface area contributed by atoms with Crippen molar-refractivity contribution in [2.24, 2.45) is 25.6 Å². The number of rotatable bonds is 9. The van der Waals surface area contributed by atoms with E-state index in [-0.39, 0.29) is 64.8 Å². The Labute approximate surface area is 353 Å². The molecule has 0 radical (unpaired) electrons. The Balaban J connectivity index is 0.00000325. The molecule has 1 aliphatic carbocycles. The van der Waals surface area contributed by atoms with Crippen LogP contribution in [0.25, 0.3) is 17.2 Å². The van der Waals surface area contributed by atoms with Gasteiger partial charge in [-0.3, -0.25) is 10.2 Å². The second kappa shape index (κ2) is 17.2. The number of anilines is 4. The molecule has 5 aromatic rings. The number of para-hydroxylation sites is 1. The van der Waals surface area contributed by atoms with Crippen molar-refractivity contribution in [3.63, 3.8) is 0 Å². The van der Waals surface area contributed by atoms with Gasteiger partial charge in [-0.2, -0.15) is 15.3 Å². The van der Waals surface area contributed by atoms with Gasteiger partial charge in [0.05, 0.1) is 43.8 Å². The zero-order chi connectivity index (χ0) is 37.2. The topological polar surface area (TPSA) is 283 Å². The van der Waals surface area contributed by atoms with Crippen LogP contribution in [0.3, 0.4) is 0 Å². The first-order chi connectivity index (χ1) is 24.7. The number of carbonyl (C=O) groups is 1. The number of fused-ring (bicyclic) bond motifs is 1. The van der Waals surface area contributed by atoms with E-state index in [1.165, 1.54) is 0 Å². The van der Waals surface area contributed by atoms with Crippen LogP contribution < -0.4 is 81.7 Å². The van der Waals surface area contributed by atoms with Crippen LogP contribution in [-0.2, 0) is 20.2 Å². The van der Waals surface area contributed by atoms with Gasteiger partial charge in [-0.1, -0.05) is 42.5 Å². The molecule has 0 unspecified atom stereocenters. The fourth-order valence-electron chi connectivity index (χ4n) is 5.04. The molecule has 0 spiro atoms. The molecule has 0 saturated carbocycles. The third-order valence-electron chi connectivity index (χ3n) is 7.56. The first-order valence-corrected chi connectivity index (χ1v) is 17.7. The SMILES string of the molecule is Nc1ccc(N=Nc2ccc(-c3ccc(N=Nc4c(S(=O)(=O)[O-])cc5c(c4N)C(=O)C(=NNc4ccccc4)C(S(=O)(=O)[O-])=C5)cc3)cc2)c(N)c1.[Na+].[Na+]. The number of nitrogens with one attached hydrogen (secondary N) is 1.